The molecule has 57 heavy (non-hydrogen) atoms. The Kier molecular flexibility index (Phi) is 7.17. The molecule has 0 fully saturated rings. The number of para-hydroxylation sites is 1. The van der Waals surface area contributed by atoms with Gasteiger partial charge in [0.1, 0.15) is 16.8 Å². The maximum atomic E-state index is 6.36. The molecule has 0 unspecified atom stereocenters. The molecule has 6 nitrogen and oxygen atoms in total. The van der Waals surface area contributed by atoms with Crippen molar-refractivity contribution in [1.29, 1.82) is 0 Å². The summed E-state index contributed by atoms with van der Waals surface area (Å²) in [5.41, 5.74) is 7.88. The highest BCUT2D eigenvalue weighted by molar-refractivity contribution is 7.26. The molecule has 0 radical (unpaired) electrons. The van der Waals surface area contributed by atoms with Gasteiger partial charge in [0.05, 0.1) is 0 Å². The second-order valence-electron chi connectivity index (χ2n) is 14.0. The molecule has 266 valence electrons. The Balaban J connectivity index is 1.05. The van der Waals surface area contributed by atoms with E-state index in [0.717, 1.165) is 70.2 Å². The fourth-order valence-corrected chi connectivity index (χ4v) is 10.3. The number of hydrogen-bond donors (Lipinski definition) is 0. The summed E-state index contributed by atoms with van der Waals surface area (Å²) in [5.74, 6) is 2.58. The zero-order chi connectivity index (χ0) is 37.5. The van der Waals surface area contributed by atoms with Crippen LogP contribution in [0.2, 0.25) is 0 Å². The highest BCUT2D eigenvalue weighted by Crippen LogP contribution is 2.43. The van der Waals surface area contributed by atoms with Crippen LogP contribution in [-0.2, 0) is 0 Å². The molecule has 0 atom stereocenters. The third-order valence-corrected chi connectivity index (χ3v) is 12.9. The third kappa shape index (κ3) is 5.19. The van der Waals surface area contributed by atoms with E-state index < -0.39 is 0 Å². The lowest BCUT2D eigenvalue weighted by Gasteiger charge is -2.10. The van der Waals surface area contributed by atoms with Crippen LogP contribution in [0.1, 0.15) is 0 Å². The summed E-state index contributed by atoms with van der Waals surface area (Å²) in [4.78, 5) is 25.8. The van der Waals surface area contributed by atoms with Crippen molar-refractivity contribution in [2.75, 3.05) is 0 Å². The molecule has 0 aliphatic carbocycles. The maximum Gasteiger partial charge on any atom is 0.180 e. The van der Waals surface area contributed by atoms with Crippen molar-refractivity contribution in [1.82, 2.24) is 24.9 Å². The predicted molar refractivity (Wildman–Crippen MR) is 236 cm³/mol. The van der Waals surface area contributed by atoms with Crippen molar-refractivity contribution in [2.24, 2.45) is 0 Å². The molecule has 0 N–H and O–H groups in total. The number of aromatic nitrogens is 5. The van der Waals surface area contributed by atoms with E-state index >= 15 is 0 Å². The summed E-state index contributed by atoms with van der Waals surface area (Å²) in [6.07, 6.45) is 0. The highest BCUT2D eigenvalue weighted by atomic mass is 32.1. The molecule has 0 aliphatic heterocycles. The van der Waals surface area contributed by atoms with Gasteiger partial charge in [0.2, 0.25) is 0 Å². The third-order valence-electron chi connectivity index (χ3n) is 10.6. The quantitative estimate of drug-likeness (QED) is 0.174. The molecule has 0 saturated carbocycles. The van der Waals surface area contributed by atoms with E-state index in [9.17, 15) is 0 Å². The lowest BCUT2D eigenvalue weighted by Crippen LogP contribution is -2.00. The Hall–Kier alpha value is -7.13. The summed E-state index contributed by atoms with van der Waals surface area (Å²) in [5, 5.41) is 5.65. The van der Waals surface area contributed by atoms with Gasteiger partial charge in [0.15, 0.2) is 28.9 Å². The molecular weight excluding hydrogens is 739 g/mol. The number of fused-ring (bicyclic) bond motifs is 9. The van der Waals surface area contributed by atoms with Gasteiger partial charge in [0.25, 0.3) is 0 Å². The number of thiophene rings is 2. The lowest BCUT2D eigenvalue weighted by atomic mass is 10.0. The number of rotatable bonds is 5. The average Bonchev–Trinajstić information content (AvgIpc) is 3.97. The number of hydrogen-bond acceptors (Lipinski definition) is 8. The van der Waals surface area contributed by atoms with Gasteiger partial charge in [-0.25, -0.2) is 24.9 Å². The van der Waals surface area contributed by atoms with Crippen LogP contribution in [-0.4, -0.2) is 24.9 Å². The first-order chi connectivity index (χ1) is 28.2. The monoisotopic (exact) mass is 765 g/mol. The van der Waals surface area contributed by atoms with E-state index in [2.05, 4.69) is 109 Å². The molecule has 0 aliphatic rings. The minimum absolute atomic E-state index is 0.640. The Bertz CT molecular complexity index is 3540. The molecule has 5 aromatic heterocycles. The van der Waals surface area contributed by atoms with Crippen LogP contribution >= 0.6 is 22.7 Å². The zero-order valence-corrected chi connectivity index (χ0v) is 31.7. The Morgan fingerprint density at radius 3 is 1.89 bits per heavy atom. The van der Waals surface area contributed by atoms with E-state index in [-0.39, 0.29) is 0 Å². The summed E-state index contributed by atoms with van der Waals surface area (Å²) in [7, 11) is 0. The summed E-state index contributed by atoms with van der Waals surface area (Å²) in [6, 6.07) is 56.3. The minimum atomic E-state index is 0.640. The van der Waals surface area contributed by atoms with Gasteiger partial charge in [0, 0.05) is 73.5 Å². The standard InChI is InChI=1S/C49H27N5OS2/c1-3-13-28(14-4-1)42-44-43(33-17-7-9-22-37(33)55-44)51-47(50-42)30-25-26-31-32-19-11-21-36(45(32)57-40(31)27-30)49-53-46(29-15-5-2-6-16-29)52-48(54-49)35-20-12-24-39-41(35)34-18-8-10-23-38(34)56-39/h1-27H. The Morgan fingerprint density at radius 1 is 0.386 bits per heavy atom. The first kappa shape index (κ1) is 32.1. The van der Waals surface area contributed by atoms with Gasteiger partial charge in [-0.3, -0.25) is 0 Å². The highest BCUT2D eigenvalue weighted by Gasteiger charge is 2.21. The van der Waals surface area contributed by atoms with Crippen molar-refractivity contribution in [2.45, 2.75) is 0 Å². The van der Waals surface area contributed by atoms with Gasteiger partial charge >= 0.3 is 0 Å². The van der Waals surface area contributed by atoms with E-state index in [0.29, 0.717) is 28.9 Å². The summed E-state index contributed by atoms with van der Waals surface area (Å²) < 4.78 is 11.1. The second-order valence-corrected chi connectivity index (χ2v) is 16.1. The van der Waals surface area contributed by atoms with Crippen LogP contribution in [0.4, 0.5) is 0 Å². The first-order valence-corrected chi connectivity index (χ1v) is 20.3. The number of furan rings is 1. The zero-order valence-electron chi connectivity index (χ0n) is 30.0. The fraction of sp³-hybridized carbons (Fsp3) is 0. The molecule has 0 amide bonds. The molecule has 8 heteroatoms. The predicted octanol–water partition coefficient (Wildman–Crippen LogP) is 13.6. The lowest BCUT2D eigenvalue weighted by molar-refractivity contribution is 0.667. The van der Waals surface area contributed by atoms with Crippen molar-refractivity contribution in [3.63, 3.8) is 0 Å². The van der Waals surface area contributed by atoms with Crippen LogP contribution < -0.4 is 0 Å². The van der Waals surface area contributed by atoms with Gasteiger partial charge in [-0.1, -0.05) is 127 Å². The van der Waals surface area contributed by atoms with E-state index in [1.807, 2.05) is 54.6 Å². The molecule has 7 aromatic carbocycles. The van der Waals surface area contributed by atoms with Gasteiger partial charge < -0.3 is 4.42 Å². The summed E-state index contributed by atoms with van der Waals surface area (Å²) in [6.45, 7) is 0. The van der Waals surface area contributed by atoms with Crippen molar-refractivity contribution >= 4 is 85.1 Å². The van der Waals surface area contributed by atoms with Gasteiger partial charge in [-0.15, -0.1) is 22.7 Å². The van der Waals surface area contributed by atoms with Gasteiger partial charge in [-0.05, 0) is 36.4 Å². The SMILES string of the molecule is c1ccc(-c2nc(-c3cccc4c3sc3cc(-c5nc(-c6ccccc6)c6oc7ccccc7c6n5)ccc34)nc(-c3cccc4sc5ccccc5c34)n2)cc1. The van der Waals surface area contributed by atoms with Crippen LogP contribution in [0.5, 0.6) is 0 Å². The number of benzene rings is 7. The minimum Gasteiger partial charge on any atom is -0.452 e. The molecule has 12 rings (SSSR count). The normalized spacial score (nSPS) is 11.9. The average molecular weight is 766 g/mol. The Labute approximate surface area is 333 Å². The number of nitrogens with zero attached hydrogens (tertiary/aromatic N) is 5. The van der Waals surface area contributed by atoms with Crippen LogP contribution in [0.3, 0.4) is 0 Å². The molecule has 12 aromatic rings. The van der Waals surface area contributed by atoms with E-state index in [1.165, 1.54) is 20.2 Å². The van der Waals surface area contributed by atoms with Crippen LogP contribution in [0, 0.1) is 0 Å². The fourth-order valence-electron chi connectivity index (χ4n) is 7.92. The smallest absolute Gasteiger partial charge is 0.180 e. The molecule has 0 saturated heterocycles. The van der Waals surface area contributed by atoms with Crippen molar-refractivity contribution < 1.29 is 4.42 Å². The molecule has 0 spiro atoms. The van der Waals surface area contributed by atoms with E-state index in [4.69, 9.17) is 29.3 Å². The summed E-state index contributed by atoms with van der Waals surface area (Å²) >= 11 is 3.53. The molecular formula is C49H27N5OS2. The van der Waals surface area contributed by atoms with Crippen molar-refractivity contribution in [3.05, 3.63) is 164 Å². The largest absolute Gasteiger partial charge is 0.452 e. The first-order valence-electron chi connectivity index (χ1n) is 18.7. The van der Waals surface area contributed by atoms with Gasteiger partial charge in [-0.2, -0.15) is 0 Å². The van der Waals surface area contributed by atoms with Crippen molar-refractivity contribution in [3.8, 4) is 56.8 Å². The molecule has 0 bridgehead atoms. The van der Waals surface area contributed by atoms with E-state index in [1.54, 1.807) is 22.7 Å². The Morgan fingerprint density at radius 2 is 1.04 bits per heavy atom. The second kappa shape index (κ2) is 12.7. The van der Waals surface area contributed by atoms with Crippen LogP contribution in [0.25, 0.3) is 119 Å². The molecule has 5 heterocycles. The van der Waals surface area contributed by atoms with Crippen LogP contribution in [0.15, 0.2) is 168 Å². The maximum absolute atomic E-state index is 6.36. The topological polar surface area (TPSA) is 77.6 Å².